The van der Waals surface area contributed by atoms with Gasteiger partial charge in [-0.15, -0.1) is 11.3 Å². The van der Waals surface area contributed by atoms with Crippen molar-refractivity contribution in [3.8, 4) is 0 Å². The van der Waals surface area contributed by atoms with Crippen LogP contribution >= 0.6 is 11.3 Å². The van der Waals surface area contributed by atoms with Crippen molar-refractivity contribution in [3.63, 3.8) is 0 Å². The molecule has 1 unspecified atom stereocenters. The van der Waals surface area contributed by atoms with E-state index >= 15 is 0 Å². The lowest BCUT2D eigenvalue weighted by molar-refractivity contribution is 0.474. The molecule has 0 aliphatic rings. The van der Waals surface area contributed by atoms with Crippen molar-refractivity contribution in [1.29, 1.82) is 0 Å². The maximum absolute atomic E-state index is 4.37. The van der Waals surface area contributed by atoms with Crippen LogP contribution in [-0.2, 0) is 0 Å². The Balaban J connectivity index is 2.46. The van der Waals surface area contributed by atoms with Crippen LogP contribution < -0.4 is 5.32 Å². The largest absolute Gasteiger partial charge is 0.309 e. The Bertz CT molecular complexity index is 296. The minimum Gasteiger partial charge on any atom is -0.309 e. The average Bonchev–Trinajstić information content (AvgIpc) is 2.75. The number of thiazole rings is 1. The molecular weight excluding hydrogens is 228 g/mol. The van der Waals surface area contributed by atoms with Crippen LogP contribution in [0.1, 0.15) is 69.0 Å². The number of aryl methyl sites for hydroxylation is 1. The van der Waals surface area contributed by atoms with E-state index in [0.717, 1.165) is 6.54 Å². The van der Waals surface area contributed by atoms with Crippen molar-refractivity contribution < 1.29 is 0 Å². The Morgan fingerprint density at radius 1 is 1.24 bits per heavy atom. The van der Waals surface area contributed by atoms with Gasteiger partial charge in [-0.05, 0) is 26.3 Å². The summed E-state index contributed by atoms with van der Waals surface area (Å²) in [6.45, 7) is 7.72. The Morgan fingerprint density at radius 3 is 2.65 bits per heavy atom. The summed E-state index contributed by atoms with van der Waals surface area (Å²) in [6, 6.07) is 0.527. The van der Waals surface area contributed by atoms with E-state index in [4.69, 9.17) is 0 Å². The van der Waals surface area contributed by atoms with E-state index in [1.807, 2.05) is 5.51 Å². The van der Waals surface area contributed by atoms with Crippen LogP contribution in [-0.4, -0.2) is 11.5 Å². The minimum absolute atomic E-state index is 0.527. The smallest absolute Gasteiger partial charge is 0.0798 e. The van der Waals surface area contributed by atoms with Crippen LogP contribution in [0, 0.1) is 6.92 Å². The number of hydrogen-bond acceptors (Lipinski definition) is 3. The maximum Gasteiger partial charge on any atom is 0.0798 e. The molecule has 0 saturated heterocycles. The first kappa shape index (κ1) is 14.7. The lowest BCUT2D eigenvalue weighted by Crippen LogP contribution is -2.22. The average molecular weight is 254 g/mol. The molecule has 0 aliphatic heterocycles. The van der Waals surface area contributed by atoms with Gasteiger partial charge in [0.1, 0.15) is 0 Å². The van der Waals surface area contributed by atoms with Crippen molar-refractivity contribution in [1.82, 2.24) is 10.3 Å². The van der Waals surface area contributed by atoms with E-state index in [1.54, 1.807) is 11.3 Å². The number of rotatable bonds is 9. The van der Waals surface area contributed by atoms with Gasteiger partial charge in [-0.25, -0.2) is 4.98 Å². The molecule has 1 atom stereocenters. The number of nitrogens with one attached hydrogen (secondary N) is 1. The highest BCUT2D eigenvalue weighted by Gasteiger charge is 2.14. The number of unbranched alkanes of at least 4 members (excludes halogenated alkanes) is 3. The van der Waals surface area contributed by atoms with E-state index < -0.39 is 0 Å². The first-order valence-corrected chi connectivity index (χ1v) is 7.80. The van der Waals surface area contributed by atoms with Gasteiger partial charge >= 0.3 is 0 Å². The third kappa shape index (κ3) is 5.17. The lowest BCUT2D eigenvalue weighted by Gasteiger charge is -2.17. The quantitative estimate of drug-likeness (QED) is 0.658. The fourth-order valence-electron chi connectivity index (χ4n) is 2.07. The Kier molecular flexibility index (Phi) is 7.45. The summed E-state index contributed by atoms with van der Waals surface area (Å²) in [6.07, 6.45) is 7.81. The molecule has 1 N–H and O–H groups in total. The van der Waals surface area contributed by atoms with Crippen molar-refractivity contribution in [2.24, 2.45) is 0 Å². The molecule has 0 radical (unpaired) electrons. The Morgan fingerprint density at radius 2 is 2.06 bits per heavy atom. The molecule has 98 valence electrons. The summed E-state index contributed by atoms with van der Waals surface area (Å²) < 4.78 is 0. The molecule has 1 aromatic rings. The molecule has 3 heteroatoms. The molecule has 1 heterocycles. The summed E-state index contributed by atoms with van der Waals surface area (Å²) in [5.41, 5.74) is 3.18. The molecule has 0 spiro atoms. The van der Waals surface area contributed by atoms with E-state index in [2.05, 4.69) is 31.1 Å². The molecule has 17 heavy (non-hydrogen) atoms. The second-order valence-electron chi connectivity index (χ2n) is 4.66. The first-order valence-electron chi connectivity index (χ1n) is 6.92. The topological polar surface area (TPSA) is 24.9 Å². The van der Waals surface area contributed by atoms with E-state index in [-0.39, 0.29) is 0 Å². The molecule has 0 amide bonds. The van der Waals surface area contributed by atoms with E-state index in [1.165, 1.54) is 49.1 Å². The fourth-order valence-corrected chi connectivity index (χ4v) is 2.98. The standard InChI is InChI=1S/C14H26N2S/c1-4-6-7-8-9-13(15-10-5-2)14-12(3)16-11-17-14/h11,13,15H,4-10H2,1-3H3. The highest BCUT2D eigenvalue weighted by atomic mass is 32.1. The summed E-state index contributed by atoms with van der Waals surface area (Å²) in [5, 5.41) is 3.66. The molecule has 1 aromatic heterocycles. The SMILES string of the molecule is CCCCCCC(NCCC)c1scnc1C. The zero-order chi connectivity index (χ0) is 12.5. The van der Waals surface area contributed by atoms with Gasteiger partial charge in [0, 0.05) is 10.9 Å². The number of hydrogen-bond donors (Lipinski definition) is 1. The van der Waals surface area contributed by atoms with Crippen LogP contribution in [0.4, 0.5) is 0 Å². The van der Waals surface area contributed by atoms with Crippen molar-refractivity contribution >= 4 is 11.3 Å². The molecule has 0 saturated carbocycles. The predicted molar refractivity (Wildman–Crippen MR) is 76.6 cm³/mol. The molecule has 0 bridgehead atoms. The molecule has 0 aliphatic carbocycles. The summed E-state index contributed by atoms with van der Waals surface area (Å²) in [4.78, 5) is 5.81. The van der Waals surface area contributed by atoms with Crippen LogP contribution in [0.25, 0.3) is 0 Å². The molecular formula is C14H26N2S. The van der Waals surface area contributed by atoms with Crippen LogP contribution in [0.5, 0.6) is 0 Å². The van der Waals surface area contributed by atoms with Crippen molar-refractivity contribution in [3.05, 3.63) is 16.1 Å². The minimum atomic E-state index is 0.527. The predicted octanol–water partition coefficient (Wildman–Crippen LogP) is 4.46. The van der Waals surface area contributed by atoms with Gasteiger partial charge in [-0.3, -0.25) is 0 Å². The van der Waals surface area contributed by atoms with Crippen LogP contribution in [0.3, 0.4) is 0 Å². The fraction of sp³-hybridized carbons (Fsp3) is 0.786. The Hall–Kier alpha value is -0.410. The first-order chi connectivity index (χ1) is 8.29. The number of nitrogens with zero attached hydrogens (tertiary/aromatic N) is 1. The summed E-state index contributed by atoms with van der Waals surface area (Å²) in [5.74, 6) is 0. The van der Waals surface area contributed by atoms with Crippen LogP contribution in [0.15, 0.2) is 5.51 Å². The lowest BCUT2D eigenvalue weighted by atomic mass is 10.0. The number of aromatic nitrogens is 1. The van der Waals surface area contributed by atoms with Crippen LogP contribution in [0.2, 0.25) is 0 Å². The van der Waals surface area contributed by atoms with Gasteiger partial charge in [0.15, 0.2) is 0 Å². The van der Waals surface area contributed by atoms with Gasteiger partial charge in [0.25, 0.3) is 0 Å². The third-order valence-electron chi connectivity index (χ3n) is 3.09. The van der Waals surface area contributed by atoms with Gasteiger partial charge < -0.3 is 5.32 Å². The second-order valence-corrected chi connectivity index (χ2v) is 5.54. The molecule has 1 rings (SSSR count). The summed E-state index contributed by atoms with van der Waals surface area (Å²) in [7, 11) is 0. The third-order valence-corrected chi connectivity index (χ3v) is 4.13. The second kappa shape index (κ2) is 8.65. The molecule has 2 nitrogen and oxygen atoms in total. The zero-order valence-corrected chi connectivity index (χ0v) is 12.3. The van der Waals surface area contributed by atoms with Gasteiger partial charge in [-0.2, -0.15) is 0 Å². The van der Waals surface area contributed by atoms with Crippen molar-refractivity contribution in [2.75, 3.05) is 6.54 Å². The normalized spacial score (nSPS) is 12.9. The van der Waals surface area contributed by atoms with Crippen molar-refractivity contribution in [2.45, 2.75) is 65.3 Å². The van der Waals surface area contributed by atoms with E-state index in [0.29, 0.717) is 6.04 Å². The maximum atomic E-state index is 4.37. The van der Waals surface area contributed by atoms with Gasteiger partial charge in [0.05, 0.1) is 11.2 Å². The van der Waals surface area contributed by atoms with Gasteiger partial charge in [0.2, 0.25) is 0 Å². The zero-order valence-electron chi connectivity index (χ0n) is 11.5. The molecule has 0 fully saturated rings. The summed E-state index contributed by atoms with van der Waals surface area (Å²) >= 11 is 1.80. The Labute approximate surface area is 110 Å². The van der Waals surface area contributed by atoms with E-state index in [9.17, 15) is 0 Å². The van der Waals surface area contributed by atoms with Gasteiger partial charge in [-0.1, -0.05) is 39.5 Å². The monoisotopic (exact) mass is 254 g/mol. The molecule has 0 aromatic carbocycles. The highest BCUT2D eigenvalue weighted by molar-refractivity contribution is 7.09. The highest BCUT2D eigenvalue weighted by Crippen LogP contribution is 2.26.